The van der Waals surface area contributed by atoms with Crippen molar-refractivity contribution in [2.24, 2.45) is 11.8 Å². The number of benzene rings is 3. The fourth-order valence-electron chi connectivity index (χ4n) is 4.98. The average molecular weight is 683 g/mol. The largest absolute Gasteiger partial charge is 0.454 e. The number of rotatable bonds is 7. The summed E-state index contributed by atoms with van der Waals surface area (Å²) in [6.07, 6.45) is 1.09. The minimum absolute atomic E-state index is 0.0872. The third kappa shape index (κ3) is 6.18. The van der Waals surface area contributed by atoms with Gasteiger partial charge in [0.1, 0.15) is 5.75 Å². The summed E-state index contributed by atoms with van der Waals surface area (Å²) in [5, 5.41) is 0. The van der Waals surface area contributed by atoms with Crippen molar-refractivity contribution in [2.45, 2.75) is 29.4 Å². The Balaban J connectivity index is 1.19. The fraction of sp³-hybridized carbons (Fsp3) is 0.258. The predicted molar refractivity (Wildman–Crippen MR) is 158 cm³/mol. The predicted octanol–water partition coefficient (Wildman–Crippen LogP) is 5.68. The maximum absolute atomic E-state index is 13.1. The van der Waals surface area contributed by atoms with E-state index in [-0.39, 0.29) is 38.3 Å². The van der Waals surface area contributed by atoms with E-state index in [4.69, 9.17) is 9.47 Å². The minimum atomic E-state index is -0.763. The van der Waals surface area contributed by atoms with Gasteiger partial charge in [0.25, 0.3) is 0 Å². The number of esters is 2. The first-order valence-corrected chi connectivity index (χ1v) is 14.8. The number of amides is 2. The van der Waals surface area contributed by atoms with Crippen LogP contribution < -0.4 is 9.64 Å². The summed E-state index contributed by atoms with van der Waals surface area (Å²) in [6.45, 7) is 1.40. The second kappa shape index (κ2) is 12.1. The van der Waals surface area contributed by atoms with Gasteiger partial charge in [-0.2, -0.15) is 0 Å². The lowest BCUT2D eigenvalue weighted by atomic mass is 9.81. The number of carbonyl (C=O) groups excluding carboxylic acids is 5. The lowest BCUT2D eigenvalue weighted by Gasteiger charge is -2.29. The number of anilines is 1. The number of carbonyl (C=O) groups is 5. The van der Waals surface area contributed by atoms with Crippen LogP contribution in [0.1, 0.15) is 49.5 Å². The molecule has 1 aliphatic carbocycles. The molecule has 3 aromatic rings. The van der Waals surface area contributed by atoms with Gasteiger partial charge in [-0.05, 0) is 74.4 Å². The summed E-state index contributed by atoms with van der Waals surface area (Å²) in [5.74, 6) is -2.84. The van der Waals surface area contributed by atoms with E-state index in [0.29, 0.717) is 24.1 Å². The fourth-order valence-corrected chi connectivity index (χ4v) is 6.22. The molecular weight excluding hydrogens is 658 g/mol. The van der Waals surface area contributed by atoms with E-state index in [1.165, 1.54) is 36.4 Å². The van der Waals surface area contributed by atoms with E-state index in [2.05, 4.69) is 31.9 Å². The first kappa shape index (κ1) is 28.9. The van der Waals surface area contributed by atoms with Gasteiger partial charge >= 0.3 is 11.9 Å². The van der Waals surface area contributed by atoms with Gasteiger partial charge < -0.3 is 9.47 Å². The SMILES string of the molecule is Cc1ccc(C(=O)Oc2ccc(C(=O)COC(=O)c3cccc(N4C(=O)C5CC(Br)C(Br)CC5C4=O)c3)cc2)cc1. The van der Waals surface area contributed by atoms with Crippen LogP contribution in [-0.4, -0.2) is 45.8 Å². The summed E-state index contributed by atoms with van der Waals surface area (Å²) in [5.41, 5.74) is 2.11. The van der Waals surface area contributed by atoms with Crippen LogP contribution in [-0.2, 0) is 14.3 Å². The third-order valence-corrected chi connectivity index (χ3v) is 9.99. The number of hydrogen-bond donors (Lipinski definition) is 0. The molecule has 1 saturated carbocycles. The second-order valence-corrected chi connectivity index (χ2v) is 12.4. The number of alkyl halides is 2. The molecule has 41 heavy (non-hydrogen) atoms. The molecule has 8 nitrogen and oxygen atoms in total. The molecule has 2 fully saturated rings. The molecule has 3 aromatic carbocycles. The Hall–Kier alpha value is -3.63. The number of Topliss-reactive ketones (excluding diaryl/α,β-unsaturated/α-hetero) is 1. The molecule has 0 N–H and O–H groups in total. The Morgan fingerprint density at radius 1 is 0.780 bits per heavy atom. The van der Waals surface area contributed by atoms with E-state index in [9.17, 15) is 24.0 Å². The Bertz CT molecular complexity index is 1490. The number of ketones is 1. The summed E-state index contributed by atoms with van der Waals surface area (Å²) >= 11 is 7.15. The van der Waals surface area contributed by atoms with Gasteiger partial charge in [-0.25, -0.2) is 9.59 Å². The van der Waals surface area contributed by atoms with Gasteiger partial charge in [-0.3, -0.25) is 19.3 Å². The smallest absolute Gasteiger partial charge is 0.343 e. The normalized spacial score (nSPS) is 21.8. The van der Waals surface area contributed by atoms with Crippen molar-refractivity contribution in [1.29, 1.82) is 0 Å². The molecule has 1 saturated heterocycles. The van der Waals surface area contributed by atoms with E-state index in [1.54, 1.807) is 24.3 Å². The summed E-state index contributed by atoms with van der Waals surface area (Å²) < 4.78 is 10.6. The Labute approximate surface area is 253 Å². The molecule has 4 atom stereocenters. The molecule has 0 bridgehead atoms. The maximum Gasteiger partial charge on any atom is 0.343 e. The van der Waals surface area contributed by atoms with Crippen LogP contribution in [0.4, 0.5) is 5.69 Å². The molecule has 2 amide bonds. The lowest BCUT2D eigenvalue weighted by molar-refractivity contribution is -0.122. The maximum atomic E-state index is 13.1. The molecule has 4 unspecified atom stereocenters. The molecule has 5 rings (SSSR count). The van der Waals surface area contributed by atoms with E-state index >= 15 is 0 Å². The standard InChI is InChI=1S/C31H25Br2NO7/c1-17-5-7-19(8-6-17)31(39)41-22-11-9-18(10-12-22)27(35)16-40-30(38)20-3-2-4-21(13-20)34-28(36)23-14-25(32)26(33)15-24(23)29(34)37/h2-13,23-26H,14-16H2,1H3. The number of fused-ring (bicyclic) bond motifs is 1. The summed E-state index contributed by atoms with van der Waals surface area (Å²) in [4.78, 5) is 65.2. The van der Waals surface area contributed by atoms with E-state index < -0.39 is 36.2 Å². The van der Waals surface area contributed by atoms with E-state index in [0.717, 1.165) is 10.5 Å². The zero-order valence-corrected chi connectivity index (χ0v) is 25.1. The van der Waals surface area contributed by atoms with Gasteiger partial charge in [-0.15, -0.1) is 0 Å². The summed E-state index contributed by atoms with van der Waals surface area (Å²) in [6, 6.07) is 19.0. The van der Waals surface area contributed by atoms with Crippen molar-refractivity contribution < 1.29 is 33.4 Å². The number of ether oxygens (including phenoxy) is 2. The first-order valence-electron chi connectivity index (χ1n) is 13.0. The van der Waals surface area contributed by atoms with Crippen LogP contribution in [0.25, 0.3) is 0 Å². The first-order chi connectivity index (χ1) is 19.6. The lowest BCUT2D eigenvalue weighted by Crippen LogP contribution is -2.34. The van der Waals surface area contributed by atoms with E-state index in [1.807, 2.05) is 19.1 Å². The van der Waals surface area contributed by atoms with Gasteiger partial charge in [0, 0.05) is 15.2 Å². The quantitative estimate of drug-likeness (QED) is 0.104. The van der Waals surface area contributed by atoms with Crippen molar-refractivity contribution in [2.75, 3.05) is 11.5 Å². The monoisotopic (exact) mass is 681 g/mol. The molecule has 0 radical (unpaired) electrons. The molecule has 0 spiro atoms. The number of halogens is 2. The highest BCUT2D eigenvalue weighted by atomic mass is 79.9. The van der Waals surface area contributed by atoms with Crippen LogP contribution >= 0.6 is 31.9 Å². The average Bonchev–Trinajstić information content (AvgIpc) is 3.20. The third-order valence-electron chi connectivity index (χ3n) is 7.26. The molecule has 2 aliphatic rings. The highest BCUT2D eigenvalue weighted by Gasteiger charge is 2.52. The van der Waals surface area contributed by atoms with Gasteiger partial charge in [0.2, 0.25) is 11.8 Å². The number of aryl methyl sites for hydroxylation is 1. The van der Waals surface area contributed by atoms with Crippen LogP contribution in [0.3, 0.4) is 0 Å². The molecule has 10 heteroatoms. The Morgan fingerprint density at radius 2 is 1.37 bits per heavy atom. The van der Waals surface area contributed by atoms with Crippen molar-refractivity contribution in [3.8, 4) is 5.75 Å². The minimum Gasteiger partial charge on any atom is -0.454 e. The molecule has 0 aromatic heterocycles. The molecular formula is C31H25Br2NO7. The topological polar surface area (TPSA) is 107 Å². The Morgan fingerprint density at radius 3 is 1.98 bits per heavy atom. The van der Waals surface area contributed by atoms with Gasteiger partial charge in [0.05, 0.1) is 28.7 Å². The highest BCUT2D eigenvalue weighted by Crippen LogP contribution is 2.44. The van der Waals surface area contributed by atoms with Gasteiger partial charge in [-0.1, -0.05) is 55.6 Å². The summed E-state index contributed by atoms with van der Waals surface area (Å²) in [7, 11) is 0. The van der Waals surface area contributed by atoms with Crippen molar-refractivity contribution in [3.05, 3.63) is 95.1 Å². The number of nitrogens with zero attached hydrogens (tertiary/aromatic N) is 1. The number of hydrogen-bond acceptors (Lipinski definition) is 7. The van der Waals surface area contributed by atoms with Crippen LogP contribution in [0.15, 0.2) is 72.8 Å². The Kier molecular flexibility index (Phi) is 8.51. The number of imide groups is 1. The highest BCUT2D eigenvalue weighted by molar-refractivity contribution is 9.12. The van der Waals surface area contributed by atoms with Crippen LogP contribution in [0.5, 0.6) is 5.75 Å². The zero-order chi connectivity index (χ0) is 29.3. The van der Waals surface area contributed by atoms with Crippen molar-refractivity contribution in [3.63, 3.8) is 0 Å². The van der Waals surface area contributed by atoms with Crippen LogP contribution in [0, 0.1) is 18.8 Å². The van der Waals surface area contributed by atoms with Crippen LogP contribution in [0.2, 0.25) is 0 Å². The molecule has 1 heterocycles. The van der Waals surface area contributed by atoms with Crippen molar-refractivity contribution in [1.82, 2.24) is 0 Å². The van der Waals surface area contributed by atoms with Crippen molar-refractivity contribution >= 4 is 67.1 Å². The van der Waals surface area contributed by atoms with Gasteiger partial charge in [0.15, 0.2) is 12.4 Å². The zero-order valence-electron chi connectivity index (χ0n) is 21.9. The molecule has 1 aliphatic heterocycles. The second-order valence-electron chi connectivity index (χ2n) is 10.1. The molecule has 210 valence electrons.